The molecule has 2 aliphatic rings. The topological polar surface area (TPSA) is 130 Å². The molecular formula is C41H39N7O3. The van der Waals surface area contributed by atoms with Crippen molar-refractivity contribution in [2.24, 2.45) is 5.41 Å². The number of anilines is 1. The number of carbonyl (C=O) groups excluding carboxylic acids is 2. The van der Waals surface area contributed by atoms with Gasteiger partial charge in [0.25, 0.3) is 5.91 Å². The molecule has 2 aliphatic heterocycles. The van der Waals surface area contributed by atoms with Gasteiger partial charge in [-0.05, 0) is 104 Å². The molecular weight excluding hydrogens is 638 g/mol. The zero-order chi connectivity index (χ0) is 35.0. The van der Waals surface area contributed by atoms with Crippen LogP contribution in [0.25, 0.3) is 39.5 Å². The van der Waals surface area contributed by atoms with Crippen molar-refractivity contribution in [3.05, 3.63) is 120 Å². The second-order valence-corrected chi connectivity index (χ2v) is 13.7. The fourth-order valence-corrected chi connectivity index (χ4v) is 7.60. The molecule has 256 valence electrons. The normalized spacial score (nSPS) is 16.0. The molecule has 0 aliphatic carbocycles. The number of nitrogens with zero attached hydrogens (tertiary/aromatic N) is 6. The monoisotopic (exact) mass is 677 g/mol. The fraction of sp³-hybridized carbons (Fsp3) is 0.244. The van der Waals surface area contributed by atoms with Crippen LogP contribution in [0.3, 0.4) is 0 Å². The van der Waals surface area contributed by atoms with Crippen molar-refractivity contribution in [3.63, 3.8) is 0 Å². The highest BCUT2D eigenvalue weighted by molar-refractivity contribution is 5.96. The number of carbonyl (C=O) groups is 2. The molecule has 8 rings (SSSR count). The lowest BCUT2D eigenvalue weighted by Crippen LogP contribution is -2.48. The number of fused-ring (bicyclic) bond motifs is 1. The lowest BCUT2D eigenvalue weighted by molar-refractivity contribution is 0.0285. The van der Waals surface area contributed by atoms with Crippen molar-refractivity contribution in [3.8, 4) is 34.1 Å². The number of nitrogens with two attached hydrogens (primary N) is 1. The zero-order valence-electron chi connectivity index (χ0n) is 28.3. The second-order valence-electron chi connectivity index (χ2n) is 13.7. The van der Waals surface area contributed by atoms with Gasteiger partial charge in [0, 0.05) is 42.6 Å². The van der Waals surface area contributed by atoms with Crippen molar-refractivity contribution < 1.29 is 14.7 Å². The van der Waals surface area contributed by atoms with E-state index in [9.17, 15) is 14.7 Å². The summed E-state index contributed by atoms with van der Waals surface area (Å²) >= 11 is 0. The van der Waals surface area contributed by atoms with Crippen LogP contribution in [-0.2, 0) is 6.54 Å². The summed E-state index contributed by atoms with van der Waals surface area (Å²) < 4.78 is 2.07. The number of aromatic hydroxyl groups is 1. The molecule has 0 bridgehead atoms. The van der Waals surface area contributed by atoms with E-state index in [0.29, 0.717) is 36.6 Å². The van der Waals surface area contributed by atoms with Crippen LogP contribution in [0.2, 0.25) is 0 Å². The summed E-state index contributed by atoms with van der Waals surface area (Å²) in [4.78, 5) is 43.2. The predicted molar refractivity (Wildman–Crippen MR) is 198 cm³/mol. The van der Waals surface area contributed by atoms with Gasteiger partial charge in [-0.3, -0.25) is 19.1 Å². The number of aromatic nitrogens is 4. The molecule has 0 saturated carbocycles. The third-order valence-corrected chi connectivity index (χ3v) is 10.7. The highest BCUT2D eigenvalue weighted by atomic mass is 16.3. The number of nitrogen functional groups attached to an aromatic ring is 1. The number of amides is 1. The van der Waals surface area contributed by atoms with Crippen molar-refractivity contribution in [1.82, 2.24) is 29.3 Å². The first-order valence-electron chi connectivity index (χ1n) is 17.4. The maximum Gasteiger partial charge on any atom is 0.253 e. The quantitative estimate of drug-likeness (QED) is 0.177. The van der Waals surface area contributed by atoms with Crippen molar-refractivity contribution >= 4 is 29.2 Å². The molecule has 6 aromatic rings. The summed E-state index contributed by atoms with van der Waals surface area (Å²) in [5.41, 5.74) is 13.6. The number of pyridine rings is 2. The van der Waals surface area contributed by atoms with Crippen LogP contribution in [0, 0.1) is 5.41 Å². The van der Waals surface area contributed by atoms with Gasteiger partial charge in [-0.2, -0.15) is 0 Å². The summed E-state index contributed by atoms with van der Waals surface area (Å²) in [6.45, 7) is 4.30. The molecule has 51 heavy (non-hydrogen) atoms. The molecule has 0 radical (unpaired) electrons. The van der Waals surface area contributed by atoms with E-state index in [1.807, 2.05) is 47.4 Å². The number of rotatable bonds is 7. The highest BCUT2D eigenvalue weighted by Gasteiger charge is 2.38. The fourth-order valence-electron chi connectivity index (χ4n) is 7.60. The van der Waals surface area contributed by atoms with Gasteiger partial charge in [0.2, 0.25) is 0 Å². The maximum absolute atomic E-state index is 13.2. The zero-order valence-corrected chi connectivity index (χ0v) is 28.3. The first-order valence-corrected chi connectivity index (χ1v) is 17.4. The third-order valence-electron chi connectivity index (χ3n) is 10.7. The molecule has 3 aromatic heterocycles. The van der Waals surface area contributed by atoms with Crippen LogP contribution < -0.4 is 5.73 Å². The first-order chi connectivity index (χ1) is 24.9. The van der Waals surface area contributed by atoms with Crippen molar-refractivity contribution in [1.29, 1.82) is 0 Å². The van der Waals surface area contributed by atoms with E-state index in [0.717, 1.165) is 79.0 Å². The minimum atomic E-state index is -0.107. The Balaban J connectivity index is 0.960. The smallest absolute Gasteiger partial charge is 0.253 e. The molecule has 3 N–H and O–H groups in total. The first kappa shape index (κ1) is 32.3. The molecule has 3 aromatic carbocycles. The van der Waals surface area contributed by atoms with Crippen LogP contribution in [0.4, 0.5) is 5.82 Å². The van der Waals surface area contributed by atoms with Crippen LogP contribution in [0.15, 0.2) is 103 Å². The Morgan fingerprint density at radius 2 is 1.59 bits per heavy atom. The molecule has 0 atom stereocenters. The Labute approximate surface area is 296 Å². The summed E-state index contributed by atoms with van der Waals surface area (Å²) in [7, 11) is 0. The predicted octanol–water partition coefficient (Wildman–Crippen LogP) is 6.77. The number of benzene rings is 3. The van der Waals surface area contributed by atoms with Gasteiger partial charge < -0.3 is 15.7 Å². The van der Waals surface area contributed by atoms with Crippen LogP contribution in [-0.4, -0.2) is 72.8 Å². The van der Waals surface area contributed by atoms with E-state index in [1.165, 1.54) is 17.7 Å². The van der Waals surface area contributed by atoms with E-state index in [4.69, 9.17) is 15.7 Å². The second kappa shape index (κ2) is 13.4. The van der Waals surface area contributed by atoms with Gasteiger partial charge in [-0.15, -0.1) is 0 Å². The van der Waals surface area contributed by atoms with Gasteiger partial charge in [-0.25, -0.2) is 15.0 Å². The number of hydrogen-bond donors (Lipinski definition) is 2. The molecule has 10 nitrogen and oxygen atoms in total. The Morgan fingerprint density at radius 1 is 0.843 bits per heavy atom. The van der Waals surface area contributed by atoms with Crippen molar-refractivity contribution in [2.45, 2.75) is 32.2 Å². The minimum absolute atomic E-state index is 0.0824. The van der Waals surface area contributed by atoms with Gasteiger partial charge in [-0.1, -0.05) is 42.5 Å². The summed E-state index contributed by atoms with van der Waals surface area (Å²) in [5, 5.41) is 9.82. The highest BCUT2D eigenvalue weighted by Crippen LogP contribution is 2.42. The van der Waals surface area contributed by atoms with Gasteiger partial charge in [0.1, 0.15) is 17.1 Å². The molecule has 1 spiro atoms. The third kappa shape index (κ3) is 6.34. The van der Waals surface area contributed by atoms with Crippen molar-refractivity contribution in [2.75, 3.05) is 31.9 Å². The van der Waals surface area contributed by atoms with E-state index in [1.54, 1.807) is 12.3 Å². The van der Waals surface area contributed by atoms with Crippen LogP contribution >= 0.6 is 0 Å². The number of imidazole rings is 1. The minimum Gasteiger partial charge on any atom is -0.507 e. The number of phenolic OH excluding ortho intramolecular Hbond substituents is 1. The Hall–Kier alpha value is -5.87. The standard InChI is InChI=1S/C41H39N7O3/c42-37-33(7-4-20-43-37)38-45-35-14-13-34(29-5-2-1-3-6-29)44-39(35)48(38)32-11-8-28(9-12-32)26-46-21-16-41(17-22-46)18-23-47(24-19-41)40(51)30-10-15-36(50)31(25-30)27-49/h1-15,20,25,27,50H,16-19,21-24,26H2,(H2,42,43). The number of phenols is 1. The summed E-state index contributed by atoms with van der Waals surface area (Å²) in [6, 6.07) is 31.1. The summed E-state index contributed by atoms with van der Waals surface area (Å²) in [6.07, 6.45) is 6.42. The number of likely N-dealkylation sites (tertiary alicyclic amines) is 2. The lowest BCUT2D eigenvalue weighted by Gasteiger charge is -2.47. The van der Waals surface area contributed by atoms with Gasteiger partial charge >= 0.3 is 0 Å². The van der Waals surface area contributed by atoms with Gasteiger partial charge in [0.15, 0.2) is 17.8 Å². The molecule has 0 unspecified atom stereocenters. The molecule has 5 heterocycles. The SMILES string of the molecule is Nc1ncccc1-c1nc2ccc(-c3ccccc3)nc2n1-c1ccc(CN2CCC3(CC2)CCN(C(=O)c2ccc(O)c(C=O)c2)CC3)cc1. The van der Waals surface area contributed by atoms with E-state index in [-0.39, 0.29) is 22.6 Å². The van der Waals surface area contributed by atoms with E-state index >= 15 is 0 Å². The van der Waals surface area contributed by atoms with Crippen LogP contribution in [0.5, 0.6) is 5.75 Å². The molecule has 2 fully saturated rings. The summed E-state index contributed by atoms with van der Waals surface area (Å²) in [5.74, 6) is 0.925. The lowest BCUT2D eigenvalue weighted by atomic mass is 9.71. The van der Waals surface area contributed by atoms with Crippen LogP contribution in [0.1, 0.15) is 52.0 Å². The number of aldehydes is 1. The Bertz CT molecular complexity index is 2210. The average Bonchev–Trinajstić information content (AvgIpc) is 3.55. The van der Waals surface area contributed by atoms with Gasteiger partial charge in [0.05, 0.1) is 16.8 Å². The maximum atomic E-state index is 13.2. The Morgan fingerprint density at radius 3 is 2.31 bits per heavy atom. The molecule has 1 amide bonds. The Kier molecular flexibility index (Phi) is 8.53. The number of hydrogen-bond acceptors (Lipinski definition) is 8. The molecule has 10 heteroatoms. The van der Waals surface area contributed by atoms with E-state index in [2.05, 4.69) is 50.8 Å². The largest absolute Gasteiger partial charge is 0.507 e. The number of piperidine rings is 2. The molecule has 2 saturated heterocycles. The van der Waals surface area contributed by atoms with E-state index < -0.39 is 0 Å². The average molecular weight is 678 g/mol.